The number of ether oxygens (including phenoxy) is 1. The van der Waals surface area contributed by atoms with Crippen LogP contribution in [0.15, 0.2) is 24.3 Å². The number of carboxylic acids is 1. The van der Waals surface area contributed by atoms with E-state index in [-0.39, 0.29) is 5.91 Å². The zero-order chi connectivity index (χ0) is 16.4. The molecule has 2 N–H and O–H groups in total. The molecule has 1 unspecified atom stereocenters. The molecule has 0 bridgehead atoms. The van der Waals surface area contributed by atoms with E-state index >= 15 is 0 Å². The summed E-state index contributed by atoms with van der Waals surface area (Å²) in [5, 5.41) is 11.9. The molecule has 1 aromatic rings. The molecule has 0 saturated carbocycles. The Morgan fingerprint density at radius 2 is 1.95 bits per heavy atom. The predicted octanol–water partition coefficient (Wildman–Crippen LogP) is 2.86. The zero-order valence-electron chi connectivity index (χ0n) is 13.0. The molecule has 0 saturated heterocycles. The second-order valence-electron chi connectivity index (χ2n) is 4.83. The number of methoxy groups -OCH3 is 1. The van der Waals surface area contributed by atoms with Gasteiger partial charge >= 0.3 is 5.97 Å². The SMILES string of the molecule is CCCCSCCC(=O)NC(C(=O)O)c1ccc(OC)cc1. The van der Waals surface area contributed by atoms with Gasteiger partial charge < -0.3 is 15.2 Å². The van der Waals surface area contributed by atoms with Crippen molar-refractivity contribution in [2.45, 2.75) is 32.2 Å². The van der Waals surface area contributed by atoms with Gasteiger partial charge in [0.15, 0.2) is 6.04 Å². The minimum absolute atomic E-state index is 0.243. The number of nitrogens with one attached hydrogen (secondary N) is 1. The summed E-state index contributed by atoms with van der Waals surface area (Å²) in [7, 11) is 1.54. The summed E-state index contributed by atoms with van der Waals surface area (Å²) in [6, 6.07) is 5.62. The molecule has 0 spiro atoms. The number of hydrogen-bond acceptors (Lipinski definition) is 4. The molecule has 0 aliphatic rings. The molecule has 1 aromatic carbocycles. The van der Waals surface area contributed by atoms with Crippen LogP contribution in [0.3, 0.4) is 0 Å². The van der Waals surface area contributed by atoms with Crippen LogP contribution in [-0.4, -0.2) is 35.6 Å². The quantitative estimate of drug-likeness (QED) is 0.647. The number of aliphatic carboxylic acids is 1. The smallest absolute Gasteiger partial charge is 0.330 e. The summed E-state index contributed by atoms with van der Waals surface area (Å²) in [6.45, 7) is 2.12. The van der Waals surface area contributed by atoms with Crippen molar-refractivity contribution in [2.75, 3.05) is 18.6 Å². The summed E-state index contributed by atoms with van der Waals surface area (Å²) in [6.07, 6.45) is 2.60. The van der Waals surface area contributed by atoms with Crippen molar-refractivity contribution >= 4 is 23.6 Å². The third-order valence-electron chi connectivity index (χ3n) is 3.12. The van der Waals surface area contributed by atoms with Crippen molar-refractivity contribution in [3.05, 3.63) is 29.8 Å². The monoisotopic (exact) mass is 325 g/mol. The van der Waals surface area contributed by atoms with E-state index in [0.717, 1.165) is 18.6 Å². The molecule has 0 radical (unpaired) electrons. The molecule has 5 nitrogen and oxygen atoms in total. The Kier molecular flexibility index (Phi) is 8.43. The minimum atomic E-state index is -1.07. The third-order valence-corrected chi connectivity index (χ3v) is 4.19. The number of amides is 1. The number of hydrogen-bond donors (Lipinski definition) is 2. The summed E-state index contributed by atoms with van der Waals surface area (Å²) in [5.41, 5.74) is 0.528. The van der Waals surface area contributed by atoms with Gasteiger partial charge in [0, 0.05) is 12.2 Å². The third kappa shape index (κ3) is 6.39. The van der Waals surface area contributed by atoms with Crippen LogP contribution in [0.5, 0.6) is 5.75 Å². The summed E-state index contributed by atoms with van der Waals surface area (Å²) in [5.74, 6) is 1.07. The minimum Gasteiger partial charge on any atom is -0.497 e. The van der Waals surface area contributed by atoms with E-state index in [1.807, 2.05) is 0 Å². The molecule has 0 heterocycles. The van der Waals surface area contributed by atoms with Crippen LogP contribution in [0.25, 0.3) is 0 Å². The second-order valence-corrected chi connectivity index (χ2v) is 6.05. The topological polar surface area (TPSA) is 75.6 Å². The molecule has 6 heteroatoms. The van der Waals surface area contributed by atoms with Crippen molar-refractivity contribution < 1.29 is 19.4 Å². The Morgan fingerprint density at radius 3 is 2.50 bits per heavy atom. The summed E-state index contributed by atoms with van der Waals surface area (Å²) >= 11 is 1.72. The van der Waals surface area contributed by atoms with E-state index < -0.39 is 12.0 Å². The lowest BCUT2D eigenvalue weighted by atomic mass is 10.1. The largest absolute Gasteiger partial charge is 0.497 e. The standard InChI is InChI=1S/C16H23NO4S/c1-3-4-10-22-11-9-14(18)17-15(16(19)20)12-5-7-13(21-2)8-6-12/h5-8,15H,3-4,9-11H2,1-2H3,(H,17,18)(H,19,20). The Morgan fingerprint density at radius 1 is 1.27 bits per heavy atom. The molecule has 122 valence electrons. The van der Waals surface area contributed by atoms with Crippen molar-refractivity contribution in [3.8, 4) is 5.75 Å². The molecular weight excluding hydrogens is 302 g/mol. The number of carboxylic acid groups (broad SMARTS) is 1. The van der Waals surface area contributed by atoms with E-state index in [9.17, 15) is 14.7 Å². The average Bonchev–Trinajstić information content (AvgIpc) is 2.52. The van der Waals surface area contributed by atoms with Crippen LogP contribution < -0.4 is 10.1 Å². The Balaban J connectivity index is 2.52. The van der Waals surface area contributed by atoms with Gasteiger partial charge in [0.1, 0.15) is 5.75 Å². The maximum Gasteiger partial charge on any atom is 0.330 e. The van der Waals surface area contributed by atoms with Crippen molar-refractivity contribution in [2.24, 2.45) is 0 Å². The van der Waals surface area contributed by atoms with Crippen molar-refractivity contribution in [3.63, 3.8) is 0 Å². The fourth-order valence-corrected chi connectivity index (χ4v) is 2.86. The lowest BCUT2D eigenvalue weighted by Crippen LogP contribution is -2.33. The molecule has 0 aromatic heterocycles. The summed E-state index contributed by atoms with van der Waals surface area (Å²) in [4.78, 5) is 23.2. The average molecular weight is 325 g/mol. The molecule has 1 rings (SSSR count). The van der Waals surface area contributed by atoms with Gasteiger partial charge in [-0.3, -0.25) is 4.79 Å². The molecular formula is C16H23NO4S. The molecule has 0 fully saturated rings. The first-order valence-corrected chi connectivity index (χ1v) is 8.47. The first-order valence-electron chi connectivity index (χ1n) is 7.32. The fourth-order valence-electron chi connectivity index (χ4n) is 1.83. The lowest BCUT2D eigenvalue weighted by Gasteiger charge is -2.15. The lowest BCUT2D eigenvalue weighted by molar-refractivity contribution is -0.142. The van der Waals surface area contributed by atoms with E-state index in [4.69, 9.17) is 4.74 Å². The summed E-state index contributed by atoms with van der Waals surface area (Å²) < 4.78 is 5.04. The maximum absolute atomic E-state index is 11.9. The highest BCUT2D eigenvalue weighted by Crippen LogP contribution is 2.18. The highest BCUT2D eigenvalue weighted by Gasteiger charge is 2.21. The van der Waals surface area contributed by atoms with Crippen LogP contribution in [0.4, 0.5) is 0 Å². The van der Waals surface area contributed by atoms with Gasteiger partial charge in [-0.25, -0.2) is 4.79 Å². The first kappa shape index (κ1) is 18.4. The number of carbonyl (C=O) groups is 2. The zero-order valence-corrected chi connectivity index (χ0v) is 13.8. The van der Waals surface area contributed by atoms with Gasteiger partial charge in [-0.05, 0) is 29.9 Å². The van der Waals surface area contributed by atoms with Gasteiger partial charge in [0.05, 0.1) is 7.11 Å². The normalized spacial score (nSPS) is 11.7. The Labute approximate surface area is 135 Å². The number of carbonyl (C=O) groups excluding carboxylic acids is 1. The van der Waals surface area contributed by atoms with Gasteiger partial charge in [-0.2, -0.15) is 11.8 Å². The van der Waals surface area contributed by atoms with E-state index in [1.165, 1.54) is 0 Å². The Bertz CT molecular complexity index is 476. The van der Waals surface area contributed by atoms with Gasteiger partial charge in [-0.1, -0.05) is 25.5 Å². The second kappa shape index (κ2) is 10.1. The van der Waals surface area contributed by atoms with Crippen molar-refractivity contribution in [1.82, 2.24) is 5.32 Å². The number of unbranched alkanes of at least 4 members (excludes halogenated alkanes) is 1. The van der Waals surface area contributed by atoms with Gasteiger partial charge in [-0.15, -0.1) is 0 Å². The van der Waals surface area contributed by atoms with E-state index in [1.54, 1.807) is 43.1 Å². The molecule has 0 aliphatic carbocycles. The van der Waals surface area contributed by atoms with Crippen LogP contribution >= 0.6 is 11.8 Å². The van der Waals surface area contributed by atoms with Gasteiger partial charge in [0.2, 0.25) is 5.91 Å². The van der Waals surface area contributed by atoms with Crippen LogP contribution in [-0.2, 0) is 9.59 Å². The number of benzene rings is 1. The number of rotatable bonds is 10. The van der Waals surface area contributed by atoms with Gasteiger partial charge in [0.25, 0.3) is 0 Å². The maximum atomic E-state index is 11.9. The van der Waals surface area contributed by atoms with Crippen LogP contribution in [0.1, 0.15) is 37.8 Å². The van der Waals surface area contributed by atoms with E-state index in [0.29, 0.717) is 23.5 Å². The fraction of sp³-hybridized carbons (Fsp3) is 0.500. The highest BCUT2D eigenvalue weighted by atomic mass is 32.2. The van der Waals surface area contributed by atoms with Crippen LogP contribution in [0, 0.1) is 0 Å². The number of thioether (sulfide) groups is 1. The van der Waals surface area contributed by atoms with Crippen LogP contribution in [0.2, 0.25) is 0 Å². The molecule has 1 atom stereocenters. The molecule has 0 aliphatic heterocycles. The predicted molar refractivity (Wildman–Crippen MR) is 88.4 cm³/mol. The molecule has 1 amide bonds. The molecule has 22 heavy (non-hydrogen) atoms. The van der Waals surface area contributed by atoms with Crippen molar-refractivity contribution in [1.29, 1.82) is 0 Å². The highest BCUT2D eigenvalue weighted by molar-refractivity contribution is 7.99. The van der Waals surface area contributed by atoms with E-state index in [2.05, 4.69) is 12.2 Å². The first-order chi connectivity index (χ1) is 10.6. The Hall–Kier alpha value is -1.69.